The van der Waals surface area contributed by atoms with Gasteiger partial charge >= 0.3 is 0 Å². The summed E-state index contributed by atoms with van der Waals surface area (Å²) in [6.07, 6.45) is 4.73. The van der Waals surface area contributed by atoms with E-state index >= 15 is 0 Å². The fourth-order valence-corrected chi connectivity index (χ4v) is 4.16. The van der Waals surface area contributed by atoms with Gasteiger partial charge in [-0.1, -0.05) is 33.6 Å². The molecule has 0 aromatic rings. The van der Waals surface area contributed by atoms with Crippen LogP contribution in [0.25, 0.3) is 0 Å². The third-order valence-corrected chi connectivity index (χ3v) is 5.74. The Morgan fingerprint density at radius 3 is 1.73 bits per heavy atom. The molecule has 1 saturated heterocycles. The van der Waals surface area contributed by atoms with Gasteiger partial charge in [0.1, 0.15) is 0 Å². The second-order valence-corrected chi connectivity index (χ2v) is 9.47. The third kappa shape index (κ3) is 4.46. The standard InChI is InChI=1S/C19H39NO2/c1-10-19(9,11-2)15-12-16(3,4)20(17(5,6)13-15)22-14-18(7,8)21/h15,21H,10-14H2,1-9H3. The van der Waals surface area contributed by atoms with Crippen molar-refractivity contribution in [3.05, 3.63) is 0 Å². The molecule has 0 aliphatic carbocycles. The van der Waals surface area contributed by atoms with Crippen molar-refractivity contribution in [2.24, 2.45) is 11.3 Å². The molecule has 0 spiro atoms. The van der Waals surface area contributed by atoms with E-state index in [4.69, 9.17) is 4.84 Å². The summed E-state index contributed by atoms with van der Waals surface area (Å²) in [5.74, 6) is 0.703. The number of piperidine rings is 1. The van der Waals surface area contributed by atoms with Gasteiger partial charge in [0.15, 0.2) is 0 Å². The first kappa shape index (κ1) is 19.9. The van der Waals surface area contributed by atoms with Crippen LogP contribution < -0.4 is 0 Å². The van der Waals surface area contributed by atoms with Crippen LogP contribution in [0, 0.1) is 11.3 Å². The summed E-state index contributed by atoms with van der Waals surface area (Å²) in [6.45, 7) is 20.1. The van der Waals surface area contributed by atoms with Gasteiger partial charge in [0.2, 0.25) is 0 Å². The van der Waals surface area contributed by atoms with Crippen LogP contribution in [-0.4, -0.2) is 33.5 Å². The Morgan fingerprint density at radius 1 is 1.00 bits per heavy atom. The molecular formula is C19H39NO2. The lowest BCUT2D eigenvalue weighted by Gasteiger charge is -2.57. The van der Waals surface area contributed by atoms with E-state index in [1.165, 1.54) is 12.8 Å². The molecule has 0 unspecified atom stereocenters. The summed E-state index contributed by atoms with van der Waals surface area (Å²) in [4.78, 5) is 6.09. The molecule has 0 atom stereocenters. The van der Waals surface area contributed by atoms with Gasteiger partial charge in [0, 0.05) is 11.1 Å². The van der Waals surface area contributed by atoms with Crippen LogP contribution in [0.15, 0.2) is 0 Å². The van der Waals surface area contributed by atoms with Crippen molar-refractivity contribution in [2.45, 2.75) is 105 Å². The number of hydrogen-bond acceptors (Lipinski definition) is 3. The van der Waals surface area contributed by atoms with Gasteiger partial charge in [-0.15, -0.1) is 0 Å². The molecule has 0 bridgehead atoms. The monoisotopic (exact) mass is 313 g/mol. The van der Waals surface area contributed by atoms with Gasteiger partial charge in [-0.25, -0.2) is 0 Å². The van der Waals surface area contributed by atoms with Crippen molar-refractivity contribution in [1.82, 2.24) is 5.06 Å². The molecule has 22 heavy (non-hydrogen) atoms. The van der Waals surface area contributed by atoms with Crippen molar-refractivity contribution in [3.63, 3.8) is 0 Å². The van der Waals surface area contributed by atoms with Gasteiger partial charge in [0.05, 0.1) is 12.2 Å². The van der Waals surface area contributed by atoms with Gasteiger partial charge in [0.25, 0.3) is 0 Å². The summed E-state index contributed by atoms with van der Waals surface area (Å²) in [5, 5.41) is 12.1. The maximum atomic E-state index is 9.99. The zero-order valence-corrected chi connectivity index (χ0v) is 16.4. The average Bonchev–Trinajstić information content (AvgIpc) is 2.33. The molecule has 1 aliphatic rings. The van der Waals surface area contributed by atoms with Crippen molar-refractivity contribution in [3.8, 4) is 0 Å². The summed E-state index contributed by atoms with van der Waals surface area (Å²) in [5.41, 5.74) is -0.451. The molecule has 3 nitrogen and oxygen atoms in total. The zero-order chi connectivity index (χ0) is 17.4. The first-order valence-corrected chi connectivity index (χ1v) is 8.93. The van der Waals surface area contributed by atoms with E-state index in [0.29, 0.717) is 17.9 Å². The maximum Gasteiger partial charge on any atom is 0.0967 e. The van der Waals surface area contributed by atoms with Crippen LogP contribution in [0.2, 0.25) is 0 Å². The number of nitrogens with zero attached hydrogens (tertiary/aromatic N) is 1. The Labute approximate surface area is 138 Å². The number of hydroxylamine groups is 2. The number of hydrogen-bond donors (Lipinski definition) is 1. The molecule has 1 N–H and O–H groups in total. The van der Waals surface area contributed by atoms with Crippen molar-refractivity contribution >= 4 is 0 Å². The molecule has 132 valence electrons. The first-order valence-electron chi connectivity index (χ1n) is 8.93. The van der Waals surface area contributed by atoms with E-state index in [0.717, 1.165) is 12.8 Å². The van der Waals surface area contributed by atoms with Crippen molar-refractivity contribution in [1.29, 1.82) is 0 Å². The van der Waals surface area contributed by atoms with E-state index in [-0.39, 0.29) is 11.1 Å². The molecule has 0 aromatic heterocycles. The van der Waals surface area contributed by atoms with E-state index < -0.39 is 5.60 Å². The minimum atomic E-state index is -0.801. The Hall–Kier alpha value is -0.120. The van der Waals surface area contributed by atoms with Crippen molar-refractivity contribution < 1.29 is 9.94 Å². The molecule has 0 radical (unpaired) electrons. The minimum absolute atomic E-state index is 0.0245. The van der Waals surface area contributed by atoms with Crippen LogP contribution in [-0.2, 0) is 4.84 Å². The van der Waals surface area contributed by atoms with Gasteiger partial charge in [-0.05, 0) is 65.7 Å². The molecule has 0 amide bonds. The molecule has 1 aliphatic heterocycles. The van der Waals surface area contributed by atoms with Crippen molar-refractivity contribution in [2.75, 3.05) is 6.61 Å². The smallest absolute Gasteiger partial charge is 0.0967 e. The summed E-state index contributed by atoms with van der Waals surface area (Å²) in [7, 11) is 0. The lowest BCUT2D eigenvalue weighted by Crippen LogP contribution is -2.62. The lowest BCUT2D eigenvalue weighted by atomic mass is 9.62. The molecule has 1 rings (SSSR count). The quantitative estimate of drug-likeness (QED) is 0.765. The maximum absolute atomic E-state index is 9.99. The summed E-state index contributed by atoms with van der Waals surface area (Å²) < 4.78 is 0. The lowest BCUT2D eigenvalue weighted by molar-refractivity contribution is -0.307. The average molecular weight is 314 g/mol. The highest BCUT2D eigenvalue weighted by molar-refractivity contribution is 5.00. The van der Waals surface area contributed by atoms with E-state index in [2.05, 4.69) is 53.5 Å². The van der Waals surface area contributed by atoms with Gasteiger partial charge in [-0.3, -0.25) is 4.84 Å². The minimum Gasteiger partial charge on any atom is -0.388 e. The third-order valence-electron chi connectivity index (χ3n) is 5.74. The second-order valence-electron chi connectivity index (χ2n) is 9.47. The fourth-order valence-electron chi connectivity index (χ4n) is 4.16. The number of aliphatic hydroxyl groups is 1. The predicted molar refractivity (Wildman–Crippen MR) is 93.7 cm³/mol. The first-order chi connectivity index (χ1) is 9.77. The predicted octanol–water partition coefficient (Wildman–Crippen LogP) is 4.78. The molecule has 0 saturated carbocycles. The van der Waals surface area contributed by atoms with E-state index in [9.17, 15) is 5.11 Å². The topological polar surface area (TPSA) is 32.7 Å². The van der Waals surface area contributed by atoms with Gasteiger partial charge in [-0.2, -0.15) is 5.06 Å². The van der Waals surface area contributed by atoms with Crippen LogP contribution in [0.4, 0.5) is 0 Å². The number of rotatable bonds is 6. The fraction of sp³-hybridized carbons (Fsp3) is 1.00. The summed E-state index contributed by atoms with van der Waals surface area (Å²) >= 11 is 0. The Balaban J connectivity index is 2.98. The summed E-state index contributed by atoms with van der Waals surface area (Å²) in [6, 6.07) is 0. The highest BCUT2D eigenvalue weighted by Crippen LogP contribution is 2.50. The molecule has 3 heteroatoms. The van der Waals surface area contributed by atoms with E-state index in [1.54, 1.807) is 13.8 Å². The van der Waals surface area contributed by atoms with E-state index in [1.807, 2.05) is 0 Å². The molecular weight excluding hydrogens is 274 g/mol. The molecule has 1 fully saturated rings. The highest BCUT2D eigenvalue weighted by atomic mass is 16.7. The van der Waals surface area contributed by atoms with Crippen LogP contribution >= 0.6 is 0 Å². The highest BCUT2D eigenvalue weighted by Gasteiger charge is 2.50. The van der Waals surface area contributed by atoms with Crippen LogP contribution in [0.3, 0.4) is 0 Å². The largest absolute Gasteiger partial charge is 0.388 e. The normalized spacial score (nSPS) is 23.7. The Kier molecular flexibility index (Phi) is 5.81. The Bertz CT molecular complexity index is 346. The Morgan fingerprint density at radius 2 is 1.41 bits per heavy atom. The van der Waals surface area contributed by atoms with Gasteiger partial charge < -0.3 is 5.11 Å². The zero-order valence-electron chi connectivity index (χ0n) is 16.4. The molecule has 1 heterocycles. The SMILES string of the molecule is CCC(C)(CC)C1CC(C)(C)N(OCC(C)(C)O)C(C)(C)C1. The van der Waals surface area contributed by atoms with Crippen LogP contribution in [0.1, 0.15) is 88.0 Å². The molecule has 0 aromatic carbocycles. The second kappa shape index (κ2) is 6.41. The van der Waals surface area contributed by atoms with Crippen LogP contribution in [0.5, 0.6) is 0 Å².